The highest BCUT2D eigenvalue weighted by atomic mass is 19.1. The fraction of sp³-hybridized carbons (Fsp3) is 0.417. The molecule has 2 aromatic carbocycles. The molecule has 26 heavy (non-hydrogen) atoms. The number of benzene rings is 2. The van der Waals surface area contributed by atoms with E-state index in [9.17, 15) is 4.39 Å². The summed E-state index contributed by atoms with van der Waals surface area (Å²) in [6.45, 7) is 6.87. The third kappa shape index (κ3) is 3.23. The Morgan fingerprint density at radius 3 is 2.46 bits per heavy atom. The first-order valence-electron chi connectivity index (χ1n) is 9.66. The zero-order chi connectivity index (χ0) is 18.3. The summed E-state index contributed by atoms with van der Waals surface area (Å²) in [5, 5.41) is 0. The molecule has 0 aliphatic heterocycles. The Morgan fingerprint density at radius 1 is 1.04 bits per heavy atom. The standard InChI is InChI=1S/C24H28FN/c1-24(2)21-12-11-20(23(24)14-21)16-26(3)15-17-7-9-18(10-8-17)19-5-4-6-22(25)13-19/h4-11,13,21,23H,12,14-16H2,1-3H3/t21-,23-/m0/s1. The molecule has 3 aliphatic rings. The van der Waals surface area contributed by atoms with Crippen LogP contribution in [0.4, 0.5) is 4.39 Å². The summed E-state index contributed by atoms with van der Waals surface area (Å²) < 4.78 is 13.4. The second-order valence-electron chi connectivity index (χ2n) is 8.70. The molecule has 2 aromatic rings. The van der Waals surface area contributed by atoms with E-state index in [-0.39, 0.29) is 5.82 Å². The Balaban J connectivity index is 1.39. The molecular weight excluding hydrogens is 321 g/mol. The molecule has 0 radical (unpaired) electrons. The summed E-state index contributed by atoms with van der Waals surface area (Å²) in [6, 6.07) is 15.3. The van der Waals surface area contributed by atoms with Crippen LogP contribution in [0, 0.1) is 23.1 Å². The Morgan fingerprint density at radius 2 is 1.81 bits per heavy atom. The zero-order valence-corrected chi connectivity index (χ0v) is 16.0. The van der Waals surface area contributed by atoms with E-state index in [0.717, 1.165) is 36.1 Å². The highest BCUT2D eigenvalue weighted by molar-refractivity contribution is 5.63. The normalized spacial score (nSPS) is 23.5. The van der Waals surface area contributed by atoms with Crippen molar-refractivity contribution in [1.29, 1.82) is 0 Å². The van der Waals surface area contributed by atoms with Gasteiger partial charge in [-0.3, -0.25) is 4.90 Å². The van der Waals surface area contributed by atoms with Crippen LogP contribution in [0.3, 0.4) is 0 Å². The van der Waals surface area contributed by atoms with Crippen LogP contribution in [0.1, 0.15) is 32.3 Å². The third-order valence-corrected chi connectivity index (χ3v) is 6.60. The summed E-state index contributed by atoms with van der Waals surface area (Å²) in [4.78, 5) is 2.41. The maximum Gasteiger partial charge on any atom is 0.123 e. The molecular formula is C24H28FN. The van der Waals surface area contributed by atoms with Crippen LogP contribution in [0.5, 0.6) is 0 Å². The molecule has 2 bridgehead atoms. The number of rotatable bonds is 5. The molecule has 2 atom stereocenters. The molecule has 1 saturated carbocycles. The maximum absolute atomic E-state index is 13.4. The third-order valence-electron chi connectivity index (χ3n) is 6.60. The molecule has 0 aromatic heterocycles. The number of likely N-dealkylation sites (N-methyl/N-ethyl adjacent to an activating group) is 1. The molecule has 0 spiro atoms. The van der Waals surface area contributed by atoms with Crippen LogP contribution in [-0.4, -0.2) is 18.5 Å². The summed E-state index contributed by atoms with van der Waals surface area (Å²) in [5.41, 5.74) is 5.43. The summed E-state index contributed by atoms with van der Waals surface area (Å²) in [6.07, 6.45) is 5.14. The van der Waals surface area contributed by atoms with Gasteiger partial charge in [0.1, 0.15) is 5.82 Å². The van der Waals surface area contributed by atoms with Gasteiger partial charge in [-0.1, -0.05) is 61.9 Å². The number of halogens is 1. The Kier molecular flexibility index (Phi) is 4.48. The van der Waals surface area contributed by atoms with Crippen molar-refractivity contribution in [2.75, 3.05) is 13.6 Å². The molecule has 0 N–H and O–H groups in total. The maximum atomic E-state index is 13.4. The number of hydrogen-bond donors (Lipinski definition) is 0. The van der Waals surface area contributed by atoms with E-state index in [0.29, 0.717) is 5.41 Å². The Bertz CT molecular complexity index is 818. The highest BCUT2D eigenvalue weighted by Crippen LogP contribution is 2.59. The predicted molar refractivity (Wildman–Crippen MR) is 106 cm³/mol. The lowest BCUT2D eigenvalue weighted by Gasteiger charge is -2.57. The second-order valence-corrected chi connectivity index (χ2v) is 8.70. The van der Waals surface area contributed by atoms with Gasteiger partial charge >= 0.3 is 0 Å². The van der Waals surface area contributed by atoms with Gasteiger partial charge in [0.2, 0.25) is 0 Å². The van der Waals surface area contributed by atoms with Crippen LogP contribution in [0.15, 0.2) is 60.2 Å². The van der Waals surface area contributed by atoms with Crippen molar-refractivity contribution >= 4 is 0 Å². The van der Waals surface area contributed by atoms with Crippen molar-refractivity contribution in [1.82, 2.24) is 4.90 Å². The molecule has 0 amide bonds. The first-order valence-corrected chi connectivity index (χ1v) is 9.66. The largest absolute Gasteiger partial charge is 0.298 e. The lowest BCUT2D eigenvalue weighted by atomic mass is 9.49. The van der Waals surface area contributed by atoms with Crippen molar-refractivity contribution in [2.24, 2.45) is 17.3 Å². The molecule has 1 nitrogen and oxygen atoms in total. The topological polar surface area (TPSA) is 3.24 Å². The fourth-order valence-corrected chi connectivity index (χ4v) is 4.81. The van der Waals surface area contributed by atoms with E-state index in [2.05, 4.69) is 56.1 Å². The van der Waals surface area contributed by atoms with Gasteiger partial charge < -0.3 is 0 Å². The molecule has 3 aliphatic carbocycles. The average molecular weight is 349 g/mol. The predicted octanol–water partition coefficient (Wildman–Crippen LogP) is 5.92. The lowest BCUT2D eigenvalue weighted by molar-refractivity contribution is -0.0101. The van der Waals surface area contributed by atoms with Gasteiger partial charge in [-0.15, -0.1) is 0 Å². The van der Waals surface area contributed by atoms with Gasteiger partial charge in [0.25, 0.3) is 0 Å². The van der Waals surface area contributed by atoms with Gasteiger partial charge in [-0.25, -0.2) is 4.39 Å². The fourth-order valence-electron chi connectivity index (χ4n) is 4.81. The van der Waals surface area contributed by atoms with Crippen LogP contribution in [-0.2, 0) is 6.54 Å². The smallest absolute Gasteiger partial charge is 0.123 e. The van der Waals surface area contributed by atoms with Gasteiger partial charge in [0, 0.05) is 13.1 Å². The quantitative estimate of drug-likeness (QED) is 0.606. The molecule has 5 rings (SSSR count). The summed E-state index contributed by atoms with van der Waals surface area (Å²) >= 11 is 0. The number of nitrogens with zero attached hydrogens (tertiary/aromatic N) is 1. The molecule has 0 saturated heterocycles. The van der Waals surface area contributed by atoms with Crippen molar-refractivity contribution in [2.45, 2.75) is 33.2 Å². The molecule has 0 heterocycles. The lowest BCUT2D eigenvalue weighted by Crippen LogP contribution is -2.49. The monoisotopic (exact) mass is 349 g/mol. The van der Waals surface area contributed by atoms with Gasteiger partial charge in [0.15, 0.2) is 0 Å². The number of fused-ring (bicyclic) bond motifs is 1. The molecule has 2 heteroatoms. The zero-order valence-electron chi connectivity index (χ0n) is 16.0. The minimum atomic E-state index is -0.187. The Hall–Kier alpha value is -1.93. The van der Waals surface area contributed by atoms with E-state index in [1.54, 1.807) is 17.7 Å². The van der Waals surface area contributed by atoms with Crippen molar-refractivity contribution < 1.29 is 4.39 Å². The van der Waals surface area contributed by atoms with Crippen molar-refractivity contribution in [3.05, 3.63) is 71.6 Å². The van der Waals surface area contributed by atoms with Crippen LogP contribution in [0.2, 0.25) is 0 Å². The van der Waals surface area contributed by atoms with E-state index < -0.39 is 0 Å². The van der Waals surface area contributed by atoms with E-state index >= 15 is 0 Å². The molecule has 1 fully saturated rings. The minimum Gasteiger partial charge on any atom is -0.298 e. The Labute approximate surface area is 156 Å². The van der Waals surface area contributed by atoms with Crippen LogP contribution in [0.25, 0.3) is 11.1 Å². The number of allylic oxidation sites excluding steroid dienone is 1. The second kappa shape index (κ2) is 6.66. The SMILES string of the molecule is CN(CC1=CC[C@H]2C[C@@H]1C2(C)C)Cc1ccc(-c2cccc(F)c2)cc1. The molecule has 136 valence electrons. The van der Waals surface area contributed by atoms with Crippen LogP contribution < -0.4 is 0 Å². The van der Waals surface area contributed by atoms with Gasteiger partial charge in [-0.05, 0) is 66.0 Å². The first kappa shape index (κ1) is 17.5. The minimum absolute atomic E-state index is 0.187. The first-order chi connectivity index (χ1) is 12.4. The summed E-state index contributed by atoms with van der Waals surface area (Å²) in [5.74, 6) is 1.49. The summed E-state index contributed by atoms with van der Waals surface area (Å²) in [7, 11) is 2.21. The number of hydrogen-bond acceptors (Lipinski definition) is 1. The van der Waals surface area contributed by atoms with Crippen molar-refractivity contribution in [3.8, 4) is 11.1 Å². The van der Waals surface area contributed by atoms with E-state index in [1.807, 2.05) is 6.07 Å². The average Bonchev–Trinajstić information content (AvgIpc) is 2.62. The van der Waals surface area contributed by atoms with Crippen LogP contribution >= 0.6 is 0 Å². The van der Waals surface area contributed by atoms with E-state index in [4.69, 9.17) is 0 Å². The van der Waals surface area contributed by atoms with Crippen molar-refractivity contribution in [3.63, 3.8) is 0 Å². The van der Waals surface area contributed by atoms with Gasteiger partial charge in [-0.2, -0.15) is 0 Å². The molecule has 0 unspecified atom stereocenters. The van der Waals surface area contributed by atoms with E-state index in [1.165, 1.54) is 24.5 Å². The van der Waals surface area contributed by atoms with Gasteiger partial charge in [0.05, 0.1) is 0 Å². The highest BCUT2D eigenvalue weighted by Gasteiger charge is 2.50.